The van der Waals surface area contributed by atoms with E-state index in [2.05, 4.69) is 39.8 Å². The van der Waals surface area contributed by atoms with Gasteiger partial charge in [-0.1, -0.05) is 5.92 Å². The molecule has 0 fully saturated rings. The topological polar surface area (TPSA) is 29.3 Å². The third kappa shape index (κ3) is 2.89. The van der Waals surface area contributed by atoms with E-state index >= 15 is 0 Å². The van der Waals surface area contributed by atoms with Gasteiger partial charge < -0.3 is 5.32 Å². The number of hydrogen-bond acceptors (Lipinski definition) is 4. The third-order valence-electron chi connectivity index (χ3n) is 2.73. The van der Waals surface area contributed by atoms with E-state index in [4.69, 9.17) is 6.42 Å². The minimum atomic E-state index is 0.793. The summed E-state index contributed by atoms with van der Waals surface area (Å²) in [7, 11) is 0. The largest absolute Gasteiger partial charge is 0.310 e. The number of nitrogens with zero attached hydrogens (tertiary/aromatic N) is 2. The van der Waals surface area contributed by atoms with Crippen LogP contribution < -0.4 is 5.32 Å². The van der Waals surface area contributed by atoms with Crippen LogP contribution in [0.15, 0.2) is 5.38 Å². The molecule has 5 heteroatoms. The summed E-state index contributed by atoms with van der Waals surface area (Å²) >= 11 is 3.48. The smallest absolute Gasteiger partial charge is 0.194 e. The molecule has 0 saturated heterocycles. The predicted molar refractivity (Wildman–Crippen MR) is 80.4 cm³/mol. The van der Waals surface area contributed by atoms with Crippen molar-refractivity contribution in [1.29, 1.82) is 0 Å². The van der Waals surface area contributed by atoms with Gasteiger partial charge in [0.05, 0.1) is 17.1 Å². The first-order valence-electron chi connectivity index (χ1n) is 5.88. The van der Waals surface area contributed by atoms with Crippen molar-refractivity contribution >= 4 is 28.1 Å². The highest BCUT2D eigenvalue weighted by Crippen LogP contribution is 2.20. The fraction of sp³-hybridized carbons (Fsp3) is 0.462. The van der Waals surface area contributed by atoms with Crippen molar-refractivity contribution in [3.05, 3.63) is 22.5 Å². The van der Waals surface area contributed by atoms with Crippen LogP contribution in [0.25, 0.3) is 4.96 Å². The highest BCUT2D eigenvalue weighted by molar-refractivity contribution is 7.99. The van der Waals surface area contributed by atoms with Crippen LogP contribution in [-0.4, -0.2) is 27.4 Å². The molecule has 0 amide bonds. The number of aryl methyl sites for hydroxylation is 2. The number of terminal acetylenes is 1. The Kier molecular flexibility index (Phi) is 4.70. The zero-order valence-corrected chi connectivity index (χ0v) is 12.3. The molecule has 2 heterocycles. The summed E-state index contributed by atoms with van der Waals surface area (Å²) in [5.41, 5.74) is 3.65. The molecule has 0 saturated carbocycles. The molecule has 18 heavy (non-hydrogen) atoms. The van der Waals surface area contributed by atoms with Crippen LogP contribution in [0, 0.1) is 26.2 Å². The molecule has 0 bridgehead atoms. The molecule has 2 rings (SSSR count). The average Bonchev–Trinajstić information content (AvgIpc) is 2.85. The van der Waals surface area contributed by atoms with Crippen LogP contribution in [0.1, 0.15) is 17.1 Å². The monoisotopic (exact) mass is 279 g/mol. The number of thioether (sulfide) groups is 1. The van der Waals surface area contributed by atoms with E-state index < -0.39 is 0 Å². The summed E-state index contributed by atoms with van der Waals surface area (Å²) in [6, 6.07) is 0. The van der Waals surface area contributed by atoms with Gasteiger partial charge in [0.1, 0.15) is 0 Å². The SMILES string of the molecule is C#CCSCCNCc1c(C)nc2scc(C)n12. The van der Waals surface area contributed by atoms with Gasteiger partial charge in [-0.15, -0.1) is 29.5 Å². The van der Waals surface area contributed by atoms with E-state index in [0.29, 0.717) is 0 Å². The maximum absolute atomic E-state index is 5.21. The van der Waals surface area contributed by atoms with Crippen molar-refractivity contribution in [1.82, 2.24) is 14.7 Å². The quantitative estimate of drug-likeness (QED) is 0.650. The average molecular weight is 279 g/mol. The lowest BCUT2D eigenvalue weighted by Gasteiger charge is -2.05. The van der Waals surface area contributed by atoms with Crippen molar-refractivity contribution in [3.8, 4) is 12.3 Å². The summed E-state index contributed by atoms with van der Waals surface area (Å²) < 4.78 is 2.24. The lowest BCUT2D eigenvalue weighted by molar-refractivity contribution is 0.704. The number of imidazole rings is 1. The Morgan fingerprint density at radius 3 is 3.17 bits per heavy atom. The molecule has 2 aromatic rings. The number of thiazole rings is 1. The third-order valence-corrected chi connectivity index (χ3v) is 4.54. The molecule has 3 nitrogen and oxygen atoms in total. The molecular formula is C13H17N3S2. The second kappa shape index (κ2) is 6.28. The number of rotatable bonds is 6. The Hall–Kier alpha value is -0.960. The first kappa shape index (κ1) is 13.5. The highest BCUT2D eigenvalue weighted by Gasteiger charge is 2.11. The fourth-order valence-corrected chi connectivity index (χ4v) is 3.34. The Morgan fingerprint density at radius 2 is 2.39 bits per heavy atom. The van der Waals surface area contributed by atoms with Crippen LogP contribution in [0.4, 0.5) is 0 Å². The van der Waals surface area contributed by atoms with E-state index in [-0.39, 0.29) is 0 Å². The minimum absolute atomic E-state index is 0.793. The van der Waals surface area contributed by atoms with Crippen molar-refractivity contribution in [2.45, 2.75) is 20.4 Å². The highest BCUT2D eigenvalue weighted by atomic mass is 32.2. The van der Waals surface area contributed by atoms with Crippen molar-refractivity contribution in [3.63, 3.8) is 0 Å². The number of fused-ring (bicyclic) bond motifs is 1. The van der Waals surface area contributed by atoms with Crippen LogP contribution in [0.2, 0.25) is 0 Å². The van der Waals surface area contributed by atoms with Crippen molar-refractivity contribution < 1.29 is 0 Å². The van der Waals surface area contributed by atoms with Gasteiger partial charge in [-0.2, -0.15) is 0 Å². The summed E-state index contributed by atoms with van der Waals surface area (Å²) in [5.74, 6) is 4.47. The summed E-state index contributed by atoms with van der Waals surface area (Å²) in [6.45, 7) is 6.03. The normalized spacial score (nSPS) is 10.9. The van der Waals surface area contributed by atoms with Crippen molar-refractivity contribution in [2.24, 2.45) is 0 Å². The second-order valence-electron chi connectivity index (χ2n) is 4.07. The lowest BCUT2D eigenvalue weighted by Crippen LogP contribution is -2.18. The molecule has 0 unspecified atom stereocenters. The van der Waals surface area contributed by atoms with Gasteiger partial charge >= 0.3 is 0 Å². The van der Waals surface area contributed by atoms with E-state index in [1.165, 1.54) is 11.4 Å². The second-order valence-corrected chi connectivity index (χ2v) is 6.01. The zero-order valence-electron chi connectivity index (χ0n) is 10.7. The van der Waals surface area contributed by atoms with Gasteiger partial charge in [-0.05, 0) is 13.8 Å². The Bertz CT molecular complexity index is 563. The first-order valence-corrected chi connectivity index (χ1v) is 7.91. The summed E-state index contributed by atoms with van der Waals surface area (Å²) in [5, 5.41) is 5.60. The maximum Gasteiger partial charge on any atom is 0.194 e. The van der Waals surface area contributed by atoms with Crippen LogP contribution in [-0.2, 0) is 6.54 Å². The van der Waals surface area contributed by atoms with Crippen LogP contribution >= 0.6 is 23.1 Å². The Morgan fingerprint density at radius 1 is 1.56 bits per heavy atom. The van der Waals surface area contributed by atoms with Gasteiger partial charge in [0, 0.05) is 29.9 Å². The molecule has 0 radical (unpaired) electrons. The molecule has 1 N–H and O–H groups in total. The fourth-order valence-electron chi connectivity index (χ4n) is 1.86. The summed E-state index contributed by atoms with van der Waals surface area (Å²) in [6.07, 6.45) is 5.21. The molecule has 0 aromatic carbocycles. The van der Waals surface area contributed by atoms with Crippen LogP contribution in [0.5, 0.6) is 0 Å². The van der Waals surface area contributed by atoms with Gasteiger partial charge in [-0.3, -0.25) is 4.40 Å². The van der Waals surface area contributed by atoms with Gasteiger partial charge in [-0.25, -0.2) is 4.98 Å². The predicted octanol–water partition coefficient (Wildman–Crippen LogP) is 2.47. The van der Waals surface area contributed by atoms with E-state index in [1.807, 2.05) is 0 Å². The Balaban J connectivity index is 1.93. The minimum Gasteiger partial charge on any atom is -0.310 e. The molecule has 0 aliphatic carbocycles. The number of hydrogen-bond donors (Lipinski definition) is 1. The van der Waals surface area contributed by atoms with E-state index in [9.17, 15) is 0 Å². The van der Waals surface area contributed by atoms with Gasteiger partial charge in [0.15, 0.2) is 4.96 Å². The molecule has 96 valence electrons. The standard InChI is InChI=1S/C13H17N3S2/c1-4-6-17-7-5-14-8-12-11(3)15-13-16(12)10(2)9-18-13/h1,9,14H,5-8H2,2-3H3. The van der Waals surface area contributed by atoms with Crippen molar-refractivity contribution in [2.75, 3.05) is 18.1 Å². The maximum atomic E-state index is 5.21. The van der Waals surface area contributed by atoms with E-state index in [0.717, 1.165) is 35.3 Å². The van der Waals surface area contributed by atoms with E-state index in [1.54, 1.807) is 23.1 Å². The first-order chi connectivity index (χ1) is 8.74. The zero-order chi connectivity index (χ0) is 13.0. The summed E-state index contributed by atoms with van der Waals surface area (Å²) in [4.78, 5) is 5.66. The molecule has 0 aliphatic heterocycles. The molecular weight excluding hydrogens is 262 g/mol. The Labute approximate surface area is 116 Å². The lowest BCUT2D eigenvalue weighted by atomic mass is 10.3. The van der Waals surface area contributed by atoms with Crippen LogP contribution in [0.3, 0.4) is 0 Å². The molecule has 0 atom stereocenters. The number of nitrogens with one attached hydrogen (secondary N) is 1. The number of aromatic nitrogens is 2. The molecule has 0 aliphatic rings. The molecule has 0 spiro atoms. The molecule has 2 aromatic heterocycles. The van der Waals surface area contributed by atoms with Gasteiger partial charge in [0.2, 0.25) is 0 Å². The van der Waals surface area contributed by atoms with Gasteiger partial charge in [0.25, 0.3) is 0 Å².